The van der Waals surface area contributed by atoms with Crippen LogP contribution < -0.4 is 10.1 Å². The smallest absolute Gasteiger partial charge is 0.259 e. The Bertz CT molecular complexity index is 1300. The summed E-state index contributed by atoms with van der Waals surface area (Å²) >= 11 is 0. The molecule has 6 rings (SSSR count). The quantitative estimate of drug-likeness (QED) is 0.501. The van der Waals surface area contributed by atoms with E-state index in [9.17, 15) is 9.90 Å². The third-order valence-corrected chi connectivity index (χ3v) is 6.25. The zero-order valence-corrected chi connectivity index (χ0v) is 17.5. The van der Waals surface area contributed by atoms with E-state index in [1.807, 2.05) is 23.0 Å². The van der Waals surface area contributed by atoms with Crippen molar-refractivity contribution < 1.29 is 14.6 Å². The number of rotatable bonds is 5. The van der Waals surface area contributed by atoms with Crippen LogP contribution in [0.1, 0.15) is 54.9 Å². The highest BCUT2D eigenvalue weighted by Gasteiger charge is 2.27. The summed E-state index contributed by atoms with van der Waals surface area (Å²) in [6.45, 7) is 0. The van der Waals surface area contributed by atoms with E-state index in [0.717, 1.165) is 49.4 Å². The van der Waals surface area contributed by atoms with Gasteiger partial charge in [0.2, 0.25) is 0 Å². The summed E-state index contributed by atoms with van der Waals surface area (Å²) in [5.74, 6) is 0.280. The first-order valence-corrected chi connectivity index (χ1v) is 11.1. The molecule has 3 aromatic heterocycles. The van der Waals surface area contributed by atoms with Gasteiger partial charge in [-0.3, -0.25) is 9.48 Å². The lowest BCUT2D eigenvalue weighted by Gasteiger charge is -2.25. The van der Waals surface area contributed by atoms with E-state index >= 15 is 0 Å². The van der Waals surface area contributed by atoms with Gasteiger partial charge in [-0.05, 0) is 50.7 Å². The summed E-state index contributed by atoms with van der Waals surface area (Å²) in [7, 11) is 0. The van der Waals surface area contributed by atoms with Gasteiger partial charge in [-0.15, -0.1) is 0 Å². The summed E-state index contributed by atoms with van der Waals surface area (Å²) in [5.41, 5.74) is 2.41. The number of nitrogens with one attached hydrogen (secondary N) is 1. The normalized spacial score (nSPS) is 21.2. The van der Waals surface area contributed by atoms with Crippen LogP contribution in [-0.2, 0) is 0 Å². The molecule has 2 saturated carbocycles. The number of ether oxygens (including phenoxy) is 1. The molecule has 3 heterocycles. The minimum Gasteiger partial charge on any atom is -0.490 e. The molecule has 0 saturated heterocycles. The van der Waals surface area contributed by atoms with Gasteiger partial charge in [0.05, 0.1) is 35.5 Å². The third kappa shape index (κ3) is 3.58. The molecular formula is C23H24N6O3. The van der Waals surface area contributed by atoms with Gasteiger partial charge in [-0.1, -0.05) is 0 Å². The number of hydrogen-bond donors (Lipinski definition) is 2. The van der Waals surface area contributed by atoms with Crippen LogP contribution in [0.3, 0.4) is 0 Å². The Kier molecular flexibility index (Phi) is 4.57. The SMILES string of the molecule is O=C(Nc1cnn2cccnc12)c1cc2cn([C@H]3CC[C@@H](O)CC3)nc2cc1OC1CC1. The fourth-order valence-corrected chi connectivity index (χ4v) is 4.33. The molecule has 2 fully saturated rings. The van der Waals surface area contributed by atoms with Crippen molar-refractivity contribution in [1.29, 1.82) is 0 Å². The van der Waals surface area contributed by atoms with Gasteiger partial charge in [0.1, 0.15) is 11.4 Å². The van der Waals surface area contributed by atoms with Crippen molar-refractivity contribution in [2.75, 3.05) is 5.32 Å². The number of fused-ring (bicyclic) bond motifs is 2. The van der Waals surface area contributed by atoms with Crippen LogP contribution in [0.4, 0.5) is 5.69 Å². The molecular weight excluding hydrogens is 408 g/mol. The minimum atomic E-state index is -0.267. The first-order valence-electron chi connectivity index (χ1n) is 11.1. The molecule has 32 heavy (non-hydrogen) atoms. The van der Waals surface area contributed by atoms with Crippen LogP contribution in [0.25, 0.3) is 16.6 Å². The largest absolute Gasteiger partial charge is 0.490 e. The molecule has 164 valence electrons. The van der Waals surface area contributed by atoms with Crippen molar-refractivity contribution in [3.63, 3.8) is 0 Å². The van der Waals surface area contributed by atoms with E-state index in [2.05, 4.69) is 15.4 Å². The fraction of sp³-hybridized carbons (Fsp3) is 0.391. The highest BCUT2D eigenvalue weighted by Crippen LogP contribution is 2.34. The molecule has 0 radical (unpaired) electrons. The second-order valence-electron chi connectivity index (χ2n) is 8.70. The average Bonchev–Trinajstić information content (AvgIpc) is 3.38. The predicted octanol–water partition coefficient (Wildman–Crippen LogP) is 3.35. The molecule has 0 atom stereocenters. The van der Waals surface area contributed by atoms with Crippen LogP contribution in [0.5, 0.6) is 5.75 Å². The molecule has 2 N–H and O–H groups in total. The summed E-state index contributed by atoms with van der Waals surface area (Å²) < 4.78 is 9.68. The summed E-state index contributed by atoms with van der Waals surface area (Å²) in [5, 5.41) is 22.6. The van der Waals surface area contributed by atoms with Gasteiger partial charge < -0.3 is 15.2 Å². The second-order valence-corrected chi connectivity index (χ2v) is 8.70. The number of carbonyl (C=O) groups excluding carboxylic acids is 1. The molecule has 2 aliphatic carbocycles. The minimum absolute atomic E-state index is 0.152. The molecule has 9 nitrogen and oxygen atoms in total. The standard InChI is InChI=1S/C23H24N6O3/c30-16-4-2-15(3-5-16)29-13-14-10-18(21(11-19(14)27-29)32-17-6-7-17)23(31)26-20-12-25-28-9-1-8-24-22(20)28/h1,8-13,15-17,30H,2-7H2,(H,26,31)/t15-,16+. The monoisotopic (exact) mass is 432 g/mol. The molecule has 0 aliphatic heterocycles. The zero-order valence-electron chi connectivity index (χ0n) is 17.5. The van der Waals surface area contributed by atoms with Crippen molar-refractivity contribution in [3.05, 3.63) is 48.5 Å². The molecule has 0 spiro atoms. The van der Waals surface area contributed by atoms with Gasteiger partial charge in [-0.25, -0.2) is 9.50 Å². The molecule has 4 aromatic rings. The second kappa shape index (κ2) is 7.59. The molecule has 0 bridgehead atoms. The lowest BCUT2D eigenvalue weighted by molar-refractivity contribution is 0.102. The summed E-state index contributed by atoms with van der Waals surface area (Å²) in [4.78, 5) is 17.6. The van der Waals surface area contributed by atoms with Crippen molar-refractivity contribution in [1.82, 2.24) is 24.4 Å². The number of aromatic nitrogens is 5. The maximum atomic E-state index is 13.3. The van der Waals surface area contributed by atoms with Gasteiger partial charge in [0, 0.05) is 30.0 Å². The van der Waals surface area contributed by atoms with Crippen molar-refractivity contribution in [3.8, 4) is 5.75 Å². The Labute approximate surface area is 184 Å². The van der Waals surface area contributed by atoms with Crippen LogP contribution >= 0.6 is 0 Å². The van der Waals surface area contributed by atoms with E-state index in [0.29, 0.717) is 22.6 Å². The Morgan fingerprint density at radius 1 is 1.16 bits per heavy atom. The van der Waals surface area contributed by atoms with E-state index in [1.165, 1.54) is 0 Å². The topological polar surface area (TPSA) is 107 Å². The van der Waals surface area contributed by atoms with E-state index < -0.39 is 0 Å². The average molecular weight is 432 g/mol. The highest BCUT2D eigenvalue weighted by atomic mass is 16.5. The number of hydrogen-bond acceptors (Lipinski definition) is 6. The predicted molar refractivity (Wildman–Crippen MR) is 118 cm³/mol. The number of aliphatic hydroxyl groups is 1. The lowest BCUT2D eigenvalue weighted by atomic mass is 9.93. The Balaban J connectivity index is 1.34. The fourth-order valence-electron chi connectivity index (χ4n) is 4.33. The Morgan fingerprint density at radius 2 is 2.00 bits per heavy atom. The van der Waals surface area contributed by atoms with E-state index in [4.69, 9.17) is 9.84 Å². The van der Waals surface area contributed by atoms with Gasteiger partial charge >= 0.3 is 0 Å². The maximum Gasteiger partial charge on any atom is 0.259 e. The van der Waals surface area contributed by atoms with Crippen molar-refractivity contribution >= 4 is 28.1 Å². The molecule has 2 aliphatic rings. The highest BCUT2D eigenvalue weighted by molar-refractivity contribution is 6.09. The number of anilines is 1. The number of amides is 1. The van der Waals surface area contributed by atoms with Gasteiger partial charge in [0.15, 0.2) is 5.65 Å². The van der Waals surface area contributed by atoms with Gasteiger partial charge in [0.25, 0.3) is 5.91 Å². The van der Waals surface area contributed by atoms with Crippen molar-refractivity contribution in [2.24, 2.45) is 0 Å². The molecule has 1 aromatic carbocycles. The van der Waals surface area contributed by atoms with Crippen molar-refractivity contribution in [2.45, 2.75) is 56.8 Å². The van der Waals surface area contributed by atoms with Crippen LogP contribution in [-0.4, -0.2) is 47.6 Å². The van der Waals surface area contributed by atoms with Crippen LogP contribution in [0, 0.1) is 0 Å². The van der Waals surface area contributed by atoms with Crippen LogP contribution in [0.2, 0.25) is 0 Å². The molecule has 1 amide bonds. The first kappa shape index (κ1) is 19.2. The van der Waals surface area contributed by atoms with E-state index in [1.54, 1.807) is 29.2 Å². The third-order valence-electron chi connectivity index (χ3n) is 6.25. The summed E-state index contributed by atoms with van der Waals surface area (Å²) in [6, 6.07) is 5.76. The molecule has 9 heteroatoms. The van der Waals surface area contributed by atoms with Crippen LogP contribution in [0.15, 0.2) is 43.0 Å². The first-order chi connectivity index (χ1) is 15.6. The Morgan fingerprint density at radius 3 is 2.81 bits per heavy atom. The number of nitrogens with zero attached hydrogens (tertiary/aromatic N) is 5. The Hall–Kier alpha value is -3.46. The van der Waals surface area contributed by atoms with E-state index in [-0.39, 0.29) is 24.2 Å². The number of benzene rings is 1. The lowest BCUT2D eigenvalue weighted by Crippen LogP contribution is -2.21. The number of carbonyl (C=O) groups is 1. The maximum absolute atomic E-state index is 13.3. The van der Waals surface area contributed by atoms with Gasteiger partial charge in [-0.2, -0.15) is 10.2 Å². The number of aliphatic hydroxyl groups excluding tert-OH is 1. The summed E-state index contributed by atoms with van der Waals surface area (Å²) in [6.07, 6.45) is 12.3. The zero-order chi connectivity index (χ0) is 21.7. The molecule has 0 unspecified atom stereocenters.